The van der Waals surface area contributed by atoms with Crippen molar-refractivity contribution in [1.82, 2.24) is 9.97 Å². The van der Waals surface area contributed by atoms with Gasteiger partial charge in [-0.3, -0.25) is 0 Å². The molecule has 1 aromatic heterocycles. The van der Waals surface area contributed by atoms with E-state index in [0.717, 1.165) is 27.4 Å². The van der Waals surface area contributed by atoms with Gasteiger partial charge in [-0.05, 0) is 37.1 Å². The molecule has 2 rings (SSSR count). The molecule has 0 saturated heterocycles. The van der Waals surface area contributed by atoms with E-state index in [9.17, 15) is 0 Å². The maximum absolute atomic E-state index is 8.76. The van der Waals surface area contributed by atoms with Gasteiger partial charge in [-0.25, -0.2) is 9.97 Å². The molecule has 0 aliphatic rings. The third kappa shape index (κ3) is 4.18. The number of aromatic nitrogens is 2. The second kappa shape index (κ2) is 7.21. The summed E-state index contributed by atoms with van der Waals surface area (Å²) in [6.45, 7) is 2.89. The van der Waals surface area contributed by atoms with Gasteiger partial charge in [0, 0.05) is 29.4 Å². The Morgan fingerprint density at radius 2 is 2.00 bits per heavy atom. The van der Waals surface area contributed by atoms with E-state index in [2.05, 4.69) is 36.5 Å². The van der Waals surface area contributed by atoms with Gasteiger partial charge >= 0.3 is 0 Å². The molecule has 1 heterocycles. The highest BCUT2D eigenvalue weighted by Crippen LogP contribution is 2.23. The van der Waals surface area contributed by atoms with E-state index in [-0.39, 0.29) is 6.61 Å². The number of aliphatic hydroxyl groups is 1. The predicted octanol–water partition coefficient (Wildman–Crippen LogP) is 3.09. The van der Waals surface area contributed by atoms with Crippen molar-refractivity contribution in [1.29, 1.82) is 0 Å². The van der Waals surface area contributed by atoms with Gasteiger partial charge in [0.25, 0.3) is 0 Å². The van der Waals surface area contributed by atoms with Crippen LogP contribution in [0.15, 0.2) is 35.1 Å². The van der Waals surface area contributed by atoms with Crippen LogP contribution >= 0.6 is 15.9 Å². The fraction of sp³-hybridized carbons (Fsp3) is 0.286. The number of halogens is 1. The first kappa shape index (κ1) is 14.7. The lowest BCUT2D eigenvalue weighted by molar-refractivity contribution is 0.292. The zero-order valence-electron chi connectivity index (χ0n) is 11.2. The number of aliphatic hydroxyl groups excluding tert-OH is 1. The maximum atomic E-state index is 8.76. The summed E-state index contributed by atoms with van der Waals surface area (Å²) in [6.07, 6.45) is 2.20. The molecular weight excluding hydrogens is 320 g/mol. The Morgan fingerprint density at radius 1 is 1.20 bits per heavy atom. The lowest BCUT2D eigenvalue weighted by Gasteiger charge is -2.10. The molecule has 6 heteroatoms. The Labute approximate surface area is 126 Å². The summed E-state index contributed by atoms with van der Waals surface area (Å²) < 4.78 is 1.05. The van der Waals surface area contributed by atoms with E-state index in [1.807, 2.05) is 31.2 Å². The molecule has 0 radical (unpaired) electrons. The number of hydrogen-bond acceptors (Lipinski definition) is 5. The highest BCUT2D eigenvalue weighted by molar-refractivity contribution is 9.10. The third-order valence-electron chi connectivity index (χ3n) is 2.76. The highest BCUT2D eigenvalue weighted by atomic mass is 79.9. The van der Waals surface area contributed by atoms with Crippen LogP contribution in [0.4, 0.5) is 17.3 Å². The Kier molecular flexibility index (Phi) is 5.31. The van der Waals surface area contributed by atoms with Crippen molar-refractivity contribution in [2.75, 3.05) is 23.8 Å². The summed E-state index contributed by atoms with van der Waals surface area (Å²) in [6, 6.07) is 7.88. The van der Waals surface area contributed by atoms with Crippen LogP contribution in [0.2, 0.25) is 0 Å². The monoisotopic (exact) mass is 336 g/mol. The minimum atomic E-state index is 0.168. The van der Waals surface area contributed by atoms with E-state index >= 15 is 0 Å². The largest absolute Gasteiger partial charge is 0.396 e. The van der Waals surface area contributed by atoms with Crippen LogP contribution in [0.3, 0.4) is 0 Å². The Bertz CT molecular complexity index is 577. The smallest absolute Gasteiger partial charge is 0.135 e. The molecule has 3 N–H and O–H groups in total. The number of hydrogen-bond donors (Lipinski definition) is 3. The van der Waals surface area contributed by atoms with Crippen LogP contribution in [-0.2, 0) is 0 Å². The number of nitrogens with zero attached hydrogens (tertiary/aromatic N) is 2. The molecule has 0 amide bonds. The van der Waals surface area contributed by atoms with Crippen LogP contribution in [0.5, 0.6) is 0 Å². The second-order valence-corrected chi connectivity index (χ2v) is 5.29. The SMILES string of the molecule is Cc1cc(Br)ccc1Nc1cc(NCCCO)ncn1. The predicted molar refractivity (Wildman–Crippen MR) is 84.4 cm³/mol. The van der Waals surface area contributed by atoms with Crippen LogP contribution in [0.1, 0.15) is 12.0 Å². The summed E-state index contributed by atoms with van der Waals surface area (Å²) in [7, 11) is 0. The van der Waals surface area contributed by atoms with Gasteiger partial charge in [0.05, 0.1) is 0 Å². The van der Waals surface area contributed by atoms with E-state index in [0.29, 0.717) is 13.0 Å². The molecule has 0 saturated carbocycles. The van der Waals surface area contributed by atoms with Crippen LogP contribution < -0.4 is 10.6 Å². The zero-order valence-corrected chi connectivity index (χ0v) is 12.8. The zero-order chi connectivity index (χ0) is 14.4. The molecule has 0 bridgehead atoms. The fourth-order valence-electron chi connectivity index (χ4n) is 1.72. The minimum Gasteiger partial charge on any atom is -0.396 e. The molecule has 0 atom stereocenters. The van der Waals surface area contributed by atoms with Gasteiger partial charge in [-0.1, -0.05) is 15.9 Å². The van der Waals surface area contributed by atoms with Crippen molar-refractivity contribution >= 4 is 33.3 Å². The molecule has 0 aliphatic heterocycles. The van der Waals surface area contributed by atoms with Gasteiger partial charge in [0.15, 0.2) is 0 Å². The quantitative estimate of drug-likeness (QED) is 0.707. The summed E-state index contributed by atoms with van der Waals surface area (Å²) in [4.78, 5) is 8.34. The molecule has 1 aromatic carbocycles. The minimum absolute atomic E-state index is 0.168. The van der Waals surface area contributed by atoms with E-state index in [1.165, 1.54) is 6.33 Å². The molecule has 0 spiro atoms. The molecule has 20 heavy (non-hydrogen) atoms. The normalized spacial score (nSPS) is 10.3. The van der Waals surface area contributed by atoms with Crippen molar-refractivity contribution in [2.24, 2.45) is 0 Å². The van der Waals surface area contributed by atoms with Gasteiger partial charge in [-0.2, -0.15) is 0 Å². The Hall–Kier alpha value is -1.66. The fourth-order valence-corrected chi connectivity index (χ4v) is 2.20. The summed E-state index contributed by atoms with van der Waals surface area (Å²) in [5.74, 6) is 1.47. The van der Waals surface area contributed by atoms with Crippen LogP contribution in [0.25, 0.3) is 0 Å². The Balaban J connectivity index is 2.07. The number of rotatable bonds is 6. The molecule has 2 aromatic rings. The topological polar surface area (TPSA) is 70.1 Å². The summed E-state index contributed by atoms with van der Waals surface area (Å²) >= 11 is 3.44. The second-order valence-electron chi connectivity index (χ2n) is 4.38. The highest BCUT2D eigenvalue weighted by Gasteiger charge is 2.02. The first-order valence-electron chi connectivity index (χ1n) is 6.39. The number of nitrogens with one attached hydrogen (secondary N) is 2. The summed E-state index contributed by atoms with van der Waals surface area (Å²) in [5, 5.41) is 15.2. The van der Waals surface area contributed by atoms with Crippen molar-refractivity contribution < 1.29 is 5.11 Å². The van der Waals surface area contributed by atoms with Crippen molar-refractivity contribution in [2.45, 2.75) is 13.3 Å². The Morgan fingerprint density at radius 3 is 2.75 bits per heavy atom. The number of benzene rings is 1. The van der Waals surface area contributed by atoms with Crippen molar-refractivity contribution in [3.05, 3.63) is 40.6 Å². The van der Waals surface area contributed by atoms with E-state index in [1.54, 1.807) is 0 Å². The van der Waals surface area contributed by atoms with Gasteiger partial charge < -0.3 is 15.7 Å². The lowest BCUT2D eigenvalue weighted by atomic mass is 10.2. The molecule has 106 valence electrons. The van der Waals surface area contributed by atoms with Gasteiger partial charge in [0.2, 0.25) is 0 Å². The van der Waals surface area contributed by atoms with Crippen molar-refractivity contribution in [3.8, 4) is 0 Å². The first-order chi connectivity index (χ1) is 9.69. The first-order valence-corrected chi connectivity index (χ1v) is 7.18. The number of anilines is 3. The average Bonchev–Trinajstić information content (AvgIpc) is 2.43. The average molecular weight is 337 g/mol. The van der Waals surface area contributed by atoms with Gasteiger partial charge in [0.1, 0.15) is 18.0 Å². The molecular formula is C14H17BrN4O. The van der Waals surface area contributed by atoms with E-state index < -0.39 is 0 Å². The van der Waals surface area contributed by atoms with Gasteiger partial charge in [-0.15, -0.1) is 0 Å². The molecule has 5 nitrogen and oxygen atoms in total. The van der Waals surface area contributed by atoms with E-state index in [4.69, 9.17) is 5.11 Å². The third-order valence-corrected chi connectivity index (χ3v) is 3.25. The number of aryl methyl sites for hydroxylation is 1. The van der Waals surface area contributed by atoms with Crippen LogP contribution in [-0.4, -0.2) is 28.2 Å². The summed E-state index contributed by atoms with van der Waals surface area (Å²) in [5.41, 5.74) is 2.14. The standard InChI is InChI=1S/C14H17BrN4O/c1-10-7-11(15)3-4-12(10)19-14-8-13(17-9-18-14)16-5-2-6-20/h3-4,7-9,20H,2,5-6H2,1H3,(H2,16,17,18,19). The van der Waals surface area contributed by atoms with Crippen molar-refractivity contribution in [3.63, 3.8) is 0 Å². The van der Waals surface area contributed by atoms with Crippen LogP contribution in [0, 0.1) is 6.92 Å². The maximum Gasteiger partial charge on any atom is 0.135 e. The molecule has 0 unspecified atom stereocenters. The lowest BCUT2D eigenvalue weighted by Crippen LogP contribution is -2.06. The molecule has 0 fully saturated rings. The molecule has 0 aliphatic carbocycles.